The Kier molecular flexibility index (Phi) is 4.62. The van der Waals surface area contributed by atoms with E-state index in [1.54, 1.807) is 18.2 Å². The Morgan fingerprint density at radius 3 is 2.75 bits per heavy atom. The standard InChI is InChI=1S/C14H11BrClFN2O/c15-12-10(14(18)19)4-5-11(13(12)17)20-7-8-2-1-3-9(16)6-8/h1-6H,7H2,(H3,18,19). The van der Waals surface area contributed by atoms with E-state index in [0.717, 1.165) is 5.56 Å². The normalized spacial score (nSPS) is 10.3. The first-order chi connectivity index (χ1) is 9.49. The number of ether oxygens (including phenoxy) is 1. The quantitative estimate of drug-likeness (QED) is 0.639. The van der Waals surface area contributed by atoms with Gasteiger partial charge in [0.1, 0.15) is 12.4 Å². The van der Waals surface area contributed by atoms with E-state index in [0.29, 0.717) is 5.02 Å². The Balaban J connectivity index is 2.18. The summed E-state index contributed by atoms with van der Waals surface area (Å²) in [4.78, 5) is 0. The van der Waals surface area contributed by atoms with Crippen molar-refractivity contribution in [1.29, 1.82) is 5.41 Å². The van der Waals surface area contributed by atoms with E-state index in [9.17, 15) is 4.39 Å². The van der Waals surface area contributed by atoms with E-state index in [1.165, 1.54) is 12.1 Å². The van der Waals surface area contributed by atoms with Crippen LogP contribution in [0.15, 0.2) is 40.9 Å². The van der Waals surface area contributed by atoms with Crippen molar-refractivity contribution >= 4 is 33.4 Å². The van der Waals surface area contributed by atoms with E-state index >= 15 is 0 Å². The molecule has 3 N–H and O–H groups in total. The smallest absolute Gasteiger partial charge is 0.179 e. The van der Waals surface area contributed by atoms with Crippen molar-refractivity contribution in [2.75, 3.05) is 0 Å². The van der Waals surface area contributed by atoms with Crippen LogP contribution in [0.4, 0.5) is 4.39 Å². The number of nitrogen functional groups attached to an aromatic ring is 1. The molecule has 0 aliphatic rings. The summed E-state index contributed by atoms with van der Waals surface area (Å²) < 4.78 is 19.6. The summed E-state index contributed by atoms with van der Waals surface area (Å²) in [6.07, 6.45) is 0. The summed E-state index contributed by atoms with van der Waals surface area (Å²) in [7, 11) is 0. The van der Waals surface area contributed by atoms with Gasteiger partial charge in [-0.2, -0.15) is 0 Å². The van der Waals surface area contributed by atoms with Crippen LogP contribution in [-0.2, 0) is 6.61 Å². The number of rotatable bonds is 4. The summed E-state index contributed by atoms with van der Waals surface area (Å²) in [5, 5.41) is 7.93. The van der Waals surface area contributed by atoms with Crippen molar-refractivity contribution in [3.63, 3.8) is 0 Å². The van der Waals surface area contributed by atoms with E-state index in [1.807, 2.05) is 6.07 Å². The second-order valence-corrected chi connectivity index (χ2v) is 5.30. The molecular formula is C14H11BrClFN2O. The molecule has 0 spiro atoms. The van der Waals surface area contributed by atoms with Gasteiger partial charge in [0.15, 0.2) is 11.6 Å². The zero-order valence-corrected chi connectivity index (χ0v) is 12.6. The zero-order valence-electron chi connectivity index (χ0n) is 10.3. The summed E-state index contributed by atoms with van der Waals surface area (Å²) >= 11 is 8.94. The molecule has 104 valence electrons. The molecule has 3 nitrogen and oxygen atoms in total. The first-order valence-corrected chi connectivity index (χ1v) is 6.85. The third-order valence-electron chi connectivity index (χ3n) is 2.62. The van der Waals surface area contributed by atoms with Gasteiger partial charge in [0.2, 0.25) is 0 Å². The Bertz CT molecular complexity index is 664. The third-order valence-corrected chi connectivity index (χ3v) is 3.63. The van der Waals surface area contributed by atoms with E-state index in [2.05, 4.69) is 15.9 Å². The van der Waals surface area contributed by atoms with Gasteiger partial charge >= 0.3 is 0 Å². The summed E-state index contributed by atoms with van der Waals surface area (Å²) in [5.74, 6) is -0.709. The Morgan fingerprint density at radius 2 is 2.10 bits per heavy atom. The van der Waals surface area contributed by atoms with Crippen LogP contribution in [0.25, 0.3) is 0 Å². The highest BCUT2D eigenvalue weighted by Gasteiger charge is 2.14. The second kappa shape index (κ2) is 6.24. The molecule has 2 rings (SSSR count). The fourth-order valence-electron chi connectivity index (χ4n) is 1.64. The van der Waals surface area contributed by atoms with E-state index in [4.69, 9.17) is 27.5 Å². The largest absolute Gasteiger partial charge is 0.486 e. The van der Waals surface area contributed by atoms with Crippen molar-refractivity contribution in [3.8, 4) is 5.75 Å². The van der Waals surface area contributed by atoms with Crippen LogP contribution in [0.3, 0.4) is 0 Å². The van der Waals surface area contributed by atoms with Gasteiger partial charge in [-0.1, -0.05) is 23.7 Å². The van der Waals surface area contributed by atoms with E-state index in [-0.39, 0.29) is 28.2 Å². The van der Waals surface area contributed by atoms with Gasteiger partial charge in [-0.3, -0.25) is 5.41 Å². The molecule has 0 heterocycles. The summed E-state index contributed by atoms with van der Waals surface area (Å²) in [6.45, 7) is 0.198. The molecule has 0 aromatic heterocycles. The zero-order chi connectivity index (χ0) is 14.7. The fourth-order valence-corrected chi connectivity index (χ4v) is 2.39. The Hall–Kier alpha value is -1.59. The van der Waals surface area contributed by atoms with Crippen LogP contribution in [-0.4, -0.2) is 5.84 Å². The SMILES string of the molecule is N=C(N)c1ccc(OCc2cccc(Cl)c2)c(F)c1Br. The van der Waals surface area contributed by atoms with Gasteiger partial charge < -0.3 is 10.5 Å². The van der Waals surface area contributed by atoms with Gasteiger partial charge in [0.05, 0.1) is 4.47 Å². The topological polar surface area (TPSA) is 59.1 Å². The summed E-state index contributed by atoms with van der Waals surface area (Å²) in [6, 6.07) is 10.1. The van der Waals surface area contributed by atoms with Crippen LogP contribution in [0.1, 0.15) is 11.1 Å². The van der Waals surface area contributed by atoms with E-state index < -0.39 is 5.82 Å². The maximum atomic E-state index is 14.1. The number of amidine groups is 1. The van der Waals surface area contributed by atoms with Crippen LogP contribution >= 0.6 is 27.5 Å². The van der Waals surface area contributed by atoms with Crippen molar-refractivity contribution < 1.29 is 9.13 Å². The molecule has 0 radical (unpaired) electrons. The summed E-state index contributed by atoms with van der Waals surface area (Å²) in [5.41, 5.74) is 6.47. The lowest BCUT2D eigenvalue weighted by atomic mass is 10.2. The minimum atomic E-state index is -0.584. The third kappa shape index (κ3) is 3.29. The van der Waals surface area contributed by atoms with Gasteiger partial charge in [-0.05, 0) is 45.8 Å². The number of benzene rings is 2. The number of hydrogen-bond donors (Lipinski definition) is 2. The second-order valence-electron chi connectivity index (χ2n) is 4.07. The molecule has 0 atom stereocenters. The molecule has 0 saturated heterocycles. The molecule has 0 bridgehead atoms. The van der Waals surface area contributed by atoms with Gasteiger partial charge in [-0.15, -0.1) is 0 Å². The van der Waals surface area contributed by atoms with Crippen molar-refractivity contribution in [2.45, 2.75) is 6.61 Å². The molecule has 0 aliphatic heterocycles. The molecule has 2 aromatic carbocycles. The first kappa shape index (κ1) is 14.8. The highest BCUT2D eigenvalue weighted by molar-refractivity contribution is 9.10. The average Bonchev–Trinajstić information content (AvgIpc) is 2.40. The number of halogens is 3. The average molecular weight is 358 g/mol. The van der Waals surface area contributed by atoms with Crippen molar-refractivity contribution in [2.24, 2.45) is 5.73 Å². The van der Waals surface area contributed by atoms with Gasteiger partial charge in [0.25, 0.3) is 0 Å². The number of nitrogens with one attached hydrogen (secondary N) is 1. The predicted octanol–water partition coefficient (Wildman–Crippen LogP) is 4.10. The maximum Gasteiger partial charge on any atom is 0.179 e. The van der Waals surface area contributed by atoms with Crippen LogP contribution < -0.4 is 10.5 Å². The molecule has 0 aliphatic carbocycles. The monoisotopic (exact) mass is 356 g/mol. The van der Waals surface area contributed by atoms with Crippen LogP contribution in [0.5, 0.6) is 5.75 Å². The Morgan fingerprint density at radius 1 is 1.35 bits per heavy atom. The molecule has 0 fully saturated rings. The molecule has 20 heavy (non-hydrogen) atoms. The van der Waals surface area contributed by atoms with Crippen molar-refractivity contribution in [1.82, 2.24) is 0 Å². The molecule has 2 aromatic rings. The molecule has 0 amide bonds. The van der Waals surface area contributed by atoms with Gasteiger partial charge in [0, 0.05) is 10.6 Å². The minimum Gasteiger partial charge on any atom is -0.486 e. The first-order valence-electron chi connectivity index (χ1n) is 5.68. The number of nitrogens with two attached hydrogens (primary N) is 1. The molecule has 6 heteroatoms. The highest BCUT2D eigenvalue weighted by atomic mass is 79.9. The Labute approximate surface area is 129 Å². The predicted molar refractivity (Wildman–Crippen MR) is 80.9 cm³/mol. The number of hydrogen-bond acceptors (Lipinski definition) is 2. The molecular weight excluding hydrogens is 347 g/mol. The maximum absolute atomic E-state index is 14.1. The minimum absolute atomic E-state index is 0.0850. The lowest BCUT2D eigenvalue weighted by Gasteiger charge is -2.10. The van der Waals surface area contributed by atoms with Crippen molar-refractivity contribution in [3.05, 3.63) is 62.8 Å². The lowest BCUT2D eigenvalue weighted by molar-refractivity contribution is 0.289. The highest BCUT2D eigenvalue weighted by Crippen LogP contribution is 2.29. The molecule has 0 unspecified atom stereocenters. The van der Waals surface area contributed by atoms with Crippen LogP contribution in [0, 0.1) is 11.2 Å². The van der Waals surface area contributed by atoms with Crippen LogP contribution in [0.2, 0.25) is 5.02 Å². The lowest BCUT2D eigenvalue weighted by Crippen LogP contribution is -2.12. The fraction of sp³-hybridized carbons (Fsp3) is 0.0714. The van der Waals surface area contributed by atoms with Gasteiger partial charge in [-0.25, -0.2) is 4.39 Å². The molecule has 0 saturated carbocycles.